The van der Waals surface area contributed by atoms with Crippen molar-refractivity contribution < 1.29 is 9.59 Å². The lowest BCUT2D eigenvalue weighted by atomic mass is 10.1. The Bertz CT molecular complexity index is 1460. The lowest BCUT2D eigenvalue weighted by Gasteiger charge is -2.23. The van der Waals surface area contributed by atoms with Crippen molar-refractivity contribution in [3.8, 4) is 21.7 Å². The fourth-order valence-electron chi connectivity index (χ4n) is 4.54. The maximum atomic E-state index is 13.7. The van der Waals surface area contributed by atoms with Gasteiger partial charge in [-0.1, -0.05) is 35.9 Å². The highest BCUT2D eigenvalue weighted by atomic mass is 35.5. The number of anilines is 1. The molecule has 35 heavy (non-hydrogen) atoms. The normalized spacial score (nSPS) is 14.7. The first kappa shape index (κ1) is 22.1. The van der Waals surface area contributed by atoms with Crippen LogP contribution < -0.4 is 4.90 Å². The van der Waals surface area contributed by atoms with Gasteiger partial charge in [0.05, 0.1) is 16.3 Å². The Balaban J connectivity index is 1.34. The number of rotatable bonds is 5. The Morgan fingerprint density at radius 3 is 2.74 bits per heavy atom. The number of benzene rings is 1. The number of hydrogen-bond acceptors (Lipinski definition) is 5. The van der Waals surface area contributed by atoms with Crippen molar-refractivity contribution in [2.75, 3.05) is 11.4 Å². The van der Waals surface area contributed by atoms with Crippen LogP contribution in [0.15, 0.2) is 66.9 Å². The third-order valence-electron chi connectivity index (χ3n) is 6.53. The molecule has 0 saturated heterocycles. The van der Waals surface area contributed by atoms with Gasteiger partial charge >= 0.3 is 0 Å². The highest BCUT2D eigenvalue weighted by Gasteiger charge is 2.30. The summed E-state index contributed by atoms with van der Waals surface area (Å²) in [5.41, 5.74) is 4.81. The molecule has 0 atom stereocenters. The Hall–Kier alpha value is -3.35. The number of halogens is 1. The van der Waals surface area contributed by atoms with Crippen molar-refractivity contribution in [3.05, 3.63) is 88.1 Å². The highest BCUT2D eigenvalue weighted by molar-refractivity contribution is 7.17. The third kappa shape index (κ3) is 4.40. The molecule has 1 aromatic carbocycles. The number of carbonyl (C=O) groups excluding carboxylic acids is 2. The van der Waals surface area contributed by atoms with E-state index in [4.69, 9.17) is 11.6 Å². The summed E-state index contributed by atoms with van der Waals surface area (Å²) in [7, 11) is 0. The molecule has 0 radical (unpaired) electrons. The molecule has 6 rings (SSSR count). The molecule has 0 spiro atoms. The van der Waals surface area contributed by atoms with Gasteiger partial charge in [0.15, 0.2) is 5.78 Å². The van der Waals surface area contributed by atoms with Crippen LogP contribution >= 0.6 is 22.9 Å². The summed E-state index contributed by atoms with van der Waals surface area (Å²) in [6, 6.07) is 19.0. The number of pyridine rings is 2. The van der Waals surface area contributed by atoms with Crippen molar-refractivity contribution in [2.24, 2.45) is 5.92 Å². The van der Waals surface area contributed by atoms with E-state index in [1.807, 2.05) is 48.5 Å². The summed E-state index contributed by atoms with van der Waals surface area (Å²) in [4.78, 5) is 38.9. The number of Topliss-reactive ketones (excluding diaryl/α,β-unsaturated/α-hetero) is 1. The molecule has 2 aliphatic rings. The minimum Gasteiger partial charge on any atom is -0.306 e. The van der Waals surface area contributed by atoms with Crippen LogP contribution in [-0.4, -0.2) is 28.2 Å². The van der Waals surface area contributed by atoms with Gasteiger partial charge in [-0.3, -0.25) is 9.59 Å². The molecule has 1 aliphatic heterocycles. The van der Waals surface area contributed by atoms with Crippen LogP contribution in [0, 0.1) is 5.92 Å². The zero-order valence-corrected chi connectivity index (χ0v) is 20.5. The molecule has 0 unspecified atom stereocenters. The molecule has 4 aromatic rings. The van der Waals surface area contributed by atoms with Gasteiger partial charge in [-0.15, -0.1) is 11.3 Å². The SMILES string of the molecule is O=C(CC1CC1)c1cc2c(s1)-c1ccccc1N(C(=O)c1cccc(-c3ccnc(Cl)c3)n1)CC2. The Morgan fingerprint density at radius 1 is 1.06 bits per heavy atom. The van der Waals surface area contributed by atoms with E-state index < -0.39 is 0 Å². The second-order valence-corrected chi connectivity index (χ2v) is 10.5. The van der Waals surface area contributed by atoms with Crippen LogP contribution in [-0.2, 0) is 6.42 Å². The zero-order valence-electron chi connectivity index (χ0n) is 18.9. The highest BCUT2D eigenvalue weighted by Crippen LogP contribution is 2.43. The first-order valence-electron chi connectivity index (χ1n) is 11.7. The fraction of sp³-hybridized carbons (Fsp3) is 0.214. The topological polar surface area (TPSA) is 63.2 Å². The molecule has 3 aromatic heterocycles. The summed E-state index contributed by atoms with van der Waals surface area (Å²) in [6.07, 6.45) is 5.29. The van der Waals surface area contributed by atoms with Crippen LogP contribution in [0.5, 0.6) is 0 Å². The van der Waals surface area contributed by atoms with Gasteiger partial charge in [-0.2, -0.15) is 0 Å². The van der Waals surface area contributed by atoms with E-state index in [1.165, 1.54) is 12.8 Å². The fourth-order valence-corrected chi connectivity index (χ4v) is 5.91. The molecule has 1 aliphatic carbocycles. The van der Waals surface area contributed by atoms with Gasteiger partial charge in [-0.25, -0.2) is 9.97 Å². The van der Waals surface area contributed by atoms with E-state index in [-0.39, 0.29) is 11.7 Å². The smallest absolute Gasteiger partial charge is 0.276 e. The Kier molecular flexibility index (Phi) is 5.71. The quantitative estimate of drug-likeness (QED) is 0.226. The average molecular weight is 500 g/mol. The van der Waals surface area contributed by atoms with Crippen LogP contribution in [0.25, 0.3) is 21.7 Å². The standard InChI is InChI=1S/C28H22ClN3O2S/c29-26-16-18(10-12-30-26)21-5-3-6-22(31-21)28(34)32-13-11-19-15-25(24(33)14-17-8-9-17)35-27(19)20-4-1-2-7-23(20)32/h1-7,10,12,15-17H,8-9,11,13-14H2. The van der Waals surface area contributed by atoms with Crippen LogP contribution in [0.4, 0.5) is 5.69 Å². The van der Waals surface area contributed by atoms with Gasteiger partial charge in [-0.05, 0) is 67.1 Å². The number of aromatic nitrogens is 2. The second-order valence-electron chi connectivity index (χ2n) is 9.03. The predicted octanol–water partition coefficient (Wildman–Crippen LogP) is 6.71. The second kappa shape index (κ2) is 9.02. The van der Waals surface area contributed by atoms with Crippen molar-refractivity contribution in [1.29, 1.82) is 0 Å². The summed E-state index contributed by atoms with van der Waals surface area (Å²) in [5, 5.41) is 0.378. The Labute approximate surface area is 212 Å². The van der Waals surface area contributed by atoms with Gasteiger partial charge in [0.25, 0.3) is 5.91 Å². The zero-order chi connectivity index (χ0) is 23.9. The molecule has 5 nitrogen and oxygen atoms in total. The summed E-state index contributed by atoms with van der Waals surface area (Å²) in [5.74, 6) is 0.657. The van der Waals surface area contributed by atoms with Gasteiger partial charge in [0.1, 0.15) is 10.8 Å². The van der Waals surface area contributed by atoms with E-state index in [9.17, 15) is 9.59 Å². The van der Waals surface area contributed by atoms with Crippen LogP contribution in [0.3, 0.4) is 0 Å². The molecule has 7 heteroatoms. The van der Waals surface area contributed by atoms with Crippen molar-refractivity contribution in [3.63, 3.8) is 0 Å². The van der Waals surface area contributed by atoms with E-state index in [2.05, 4.69) is 9.97 Å². The number of thiophene rings is 1. The van der Waals surface area contributed by atoms with Gasteiger partial charge < -0.3 is 4.90 Å². The molecule has 4 heterocycles. The van der Waals surface area contributed by atoms with E-state index >= 15 is 0 Å². The summed E-state index contributed by atoms with van der Waals surface area (Å²) in [6.45, 7) is 0.517. The largest absolute Gasteiger partial charge is 0.306 e. The van der Waals surface area contributed by atoms with E-state index in [0.29, 0.717) is 41.8 Å². The first-order valence-corrected chi connectivity index (χ1v) is 12.9. The molecule has 1 amide bonds. The number of para-hydroxylation sites is 1. The van der Waals surface area contributed by atoms with Crippen LogP contribution in [0.2, 0.25) is 5.15 Å². The molecular weight excluding hydrogens is 478 g/mol. The van der Waals surface area contributed by atoms with E-state index in [0.717, 1.165) is 32.1 Å². The first-order chi connectivity index (χ1) is 17.1. The van der Waals surface area contributed by atoms with Gasteiger partial charge in [0, 0.05) is 35.2 Å². The van der Waals surface area contributed by atoms with Gasteiger partial charge in [0.2, 0.25) is 0 Å². The molecule has 0 bridgehead atoms. The monoisotopic (exact) mass is 499 g/mol. The summed E-state index contributed by atoms with van der Waals surface area (Å²) < 4.78 is 0. The lowest BCUT2D eigenvalue weighted by molar-refractivity contribution is 0.0972. The van der Waals surface area contributed by atoms with Crippen molar-refractivity contribution in [2.45, 2.75) is 25.7 Å². The minimum atomic E-state index is -0.153. The molecule has 1 fully saturated rings. The number of ketones is 1. The summed E-state index contributed by atoms with van der Waals surface area (Å²) >= 11 is 7.61. The predicted molar refractivity (Wildman–Crippen MR) is 139 cm³/mol. The average Bonchev–Trinajstić information content (AvgIpc) is 3.62. The number of fused-ring (bicyclic) bond motifs is 3. The molecular formula is C28H22ClN3O2S. The molecule has 0 N–H and O–H groups in total. The van der Waals surface area contributed by atoms with Crippen molar-refractivity contribution >= 4 is 40.3 Å². The van der Waals surface area contributed by atoms with Crippen molar-refractivity contribution in [1.82, 2.24) is 9.97 Å². The molecule has 174 valence electrons. The van der Waals surface area contributed by atoms with E-state index in [1.54, 1.807) is 34.6 Å². The maximum absolute atomic E-state index is 13.7. The third-order valence-corrected chi connectivity index (χ3v) is 7.99. The number of hydrogen-bond donors (Lipinski definition) is 0. The van der Waals surface area contributed by atoms with Crippen LogP contribution in [0.1, 0.15) is 45.0 Å². The molecule has 1 saturated carbocycles. The maximum Gasteiger partial charge on any atom is 0.276 e. The number of amides is 1. The Morgan fingerprint density at radius 2 is 1.91 bits per heavy atom. The number of nitrogens with zero attached hydrogens (tertiary/aromatic N) is 3. The minimum absolute atomic E-state index is 0.153. The lowest BCUT2D eigenvalue weighted by Crippen LogP contribution is -2.33. The number of carbonyl (C=O) groups is 2.